The molecule has 0 amide bonds. The molecule has 0 fully saturated rings. The van der Waals surface area contributed by atoms with Crippen LogP contribution in [0.2, 0.25) is 0 Å². The third kappa shape index (κ3) is 3.57. The summed E-state index contributed by atoms with van der Waals surface area (Å²) in [5, 5.41) is 5.77. The van der Waals surface area contributed by atoms with Gasteiger partial charge in [0.2, 0.25) is 0 Å². The second-order valence-electron chi connectivity index (χ2n) is 4.96. The summed E-state index contributed by atoms with van der Waals surface area (Å²) in [5.74, 6) is 1.67. The first-order valence-corrected chi connectivity index (χ1v) is 8.08. The van der Waals surface area contributed by atoms with Crippen molar-refractivity contribution in [1.82, 2.24) is 5.32 Å². The van der Waals surface area contributed by atoms with E-state index in [2.05, 4.69) is 36.7 Å². The van der Waals surface area contributed by atoms with E-state index in [0.717, 1.165) is 30.0 Å². The highest BCUT2D eigenvalue weighted by Crippen LogP contribution is 2.36. The van der Waals surface area contributed by atoms with Gasteiger partial charge in [0.15, 0.2) is 0 Å². The highest BCUT2D eigenvalue weighted by atomic mass is 32.1. The topological polar surface area (TPSA) is 30.5 Å². The Morgan fingerprint density at radius 1 is 1.19 bits per heavy atom. The smallest absolute Gasteiger partial charge is 0.127 e. The molecule has 1 aromatic carbocycles. The number of benzene rings is 1. The highest BCUT2D eigenvalue weighted by Gasteiger charge is 2.20. The van der Waals surface area contributed by atoms with Crippen LogP contribution < -0.4 is 14.8 Å². The van der Waals surface area contributed by atoms with Gasteiger partial charge in [-0.1, -0.05) is 6.92 Å². The molecule has 1 N–H and O–H groups in total. The van der Waals surface area contributed by atoms with Crippen LogP contribution in [0.5, 0.6) is 11.5 Å². The van der Waals surface area contributed by atoms with Gasteiger partial charge in [-0.25, -0.2) is 0 Å². The summed E-state index contributed by atoms with van der Waals surface area (Å²) < 4.78 is 10.9. The van der Waals surface area contributed by atoms with E-state index < -0.39 is 0 Å². The standard InChI is InChI=1S/C17H23NO2S/c1-5-9-18-16(17-12(2)8-10-21-17)14-7-6-13(19-3)11-15(14)20-4/h6-8,10-11,16,18H,5,9H2,1-4H3. The van der Waals surface area contributed by atoms with Gasteiger partial charge in [0, 0.05) is 16.5 Å². The summed E-state index contributed by atoms with van der Waals surface area (Å²) in [6, 6.07) is 8.34. The average Bonchev–Trinajstić information content (AvgIpc) is 2.94. The second kappa shape index (κ2) is 7.48. The zero-order valence-corrected chi connectivity index (χ0v) is 13.9. The molecule has 0 aliphatic rings. The van der Waals surface area contributed by atoms with Gasteiger partial charge in [-0.15, -0.1) is 11.3 Å². The summed E-state index contributed by atoms with van der Waals surface area (Å²) in [6.45, 7) is 5.30. The first-order valence-electron chi connectivity index (χ1n) is 7.20. The van der Waals surface area contributed by atoms with Crippen molar-refractivity contribution in [2.24, 2.45) is 0 Å². The Hall–Kier alpha value is -1.52. The van der Waals surface area contributed by atoms with Crippen LogP contribution >= 0.6 is 11.3 Å². The quantitative estimate of drug-likeness (QED) is 0.833. The first-order chi connectivity index (χ1) is 10.2. The van der Waals surface area contributed by atoms with Crippen molar-refractivity contribution in [3.63, 3.8) is 0 Å². The number of hydrogen-bond acceptors (Lipinski definition) is 4. The molecule has 2 aromatic rings. The molecule has 0 saturated heterocycles. The van der Waals surface area contributed by atoms with Crippen molar-refractivity contribution < 1.29 is 9.47 Å². The molecular weight excluding hydrogens is 282 g/mol. The molecule has 0 aliphatic heterocycles. The van der Waals surface area contributed by atoms with Gasteiger partial charge in [0.05, 0.1) is 20.3 Å². The number of ether oxygens (including phenoxy) is 2. The minimum Gasteiger partial charge on any atom is -0.497 e. The van der Waals surface area contributed by atoms with E-state index in [1.54, 1.807) is 25.6 Å². The van der Waals surface area contributed by atoms with Crippen molar-refractivity contribution >= 4 is 11.3 Å². The summed E-state index contributed by atoms with van der Waals surface area (Å²) in [4.78, 5) is 1.34. The van der Waals surface area contributed by atoms with Crippen molar-refractivity contribution in [3.8, 4) is 11.5 Å². The van der Waals surface area contributed by atoms with Crippen LogP contribution in [0.4, 0.5) is 0 Å². The average molecular weight is 305 g/mol. The maximum absolute atomic E-state index is 5.57. The third-order valence-corrected chi connectivity index (χ3v) is 4.60. The zero-order chi connectivity index (χ0) is 15.2. The second-order valence-corrected chi connectivity index (χ2v) is 5.91. The maximum atomic E-state index is 5.57. The lowest BCUT2D eigenvalue weighted by Gasteiger charge is -2.21. The van der Waals surface area contributed by atoms with E-state index in [9.17, 15) is 0 Å². The highest BCUT2D eigenvalue weighted by molar-refractivity contribution is 7.10. The first kappa shape index (κ1) is 15.9. The predicted molar refractivity (Wildman–Crippen MR) is 88.7 cm³/mol. The summed E-state index contributed by atoms with van der Waals surface area (Å²) in [7, 11) is 3.38. The summed E-state index contributed by atoms with van der Waals surface area (Å²) >= 11 is 1.78. The molecule has 3 nitrogen and oxygen atoms in total. The van der Waals surface area contributed by atoms with Crippen molar-refractivity contribution in [3.05, 3.63) is 45.6 Å². The van der Waals surface area contributed by atoms with E-state index in [-0.39, 0.29) is 6.04 Å². The number of hydrogen-bond donors (Lipinski definition) is 1. The Balaban J connectivity index is 2.43. The van der Waals surface area contributed by atoms with E-state index in [0.29, 0.717) is 0 Å². The lowest BCUT2D eigenvalue weighted by atomic mass is 10.0. The number of nitrogens with one attached hydrogen (secondary N) is 1. The molecule has 0 bridgehead atoms. The normalized spacial score (nSPS) is 12.2. The Labute approximate surface area is 130 Å². The number of thiophene rings is 1. The van der Waals surface area contributed by atoms with Crippen LogP contribution in [-0.2, 0) is 0 Å². The van der Waals surface area contributed by atoms with E-state index in [1.165, 1.54) is 10.4 Å². The molecule has 0 radical (unpaired) electrons. The van der Waals surface area contributed by atoms with Crippen LogP contribution in [0.25, 0.3) is 0 Å². The summed E-state index contributed by atoms with van der Waals surface area (Å²) in [6.07, 6.45) is 1.10. The fraction of sp³-hybridized carbons (Fsp3) is 0.412. The third-order valence-electron chi connectivity index (χ3n) is 3.51. The van der Waals surface area contributed by atoms with Crippen LogP contribution in [-0.4, -0.2) is 20.8 Å². The SMILES string of the molecule is CCCNC(c1ccc(OC)cc1OC)c1sccc1C. The minimum absolute atomic E-state index is 0.158. The maximum Gasteiger partial charge on any atom is 0.127 e. The van der Waals surface area contributed by atoms with Crippen molar-refractivity contribution in [2.45, 2.75) is 26.3 Å². The fourth-order valence-electron chi connectivity index (χ4n) is 2.37. The molecule has 0 saturated carbocycles. The van der Waals surface area contributed by atoms with Gasteiger partial charge in [-0.05, 0) is 49.0 Å². The molecular formula is C17H23NO2S. The van der Waals surface area contributed by atoms with Crippen LogP contribution in [0.15, 0.2) is 29.6 Å². The predicted octanol–water partition coefficient (Wildman–Crippen LogP) is 4.16. The van der Waals surface area contributed by atoms with Gasteiger partial charge < -0.3 is 14.8 Å². The largest absolute Gasteiger partial charge is 0.497 e. The van der Waals surface area contributed by atoms with E-state index in [1.807, 2.05) is 12.1 Å². The summed E-state index contributed by atoms with van der Waals surface area (Å²) in [5.41, 5.74) is 2.46. The van der Waals surface area contributed by atoms with Crippen molar-refractivity contribution in [2.75, 3.05) is 20.8 Å². The van der Waals surface area contributed by atoms with E-state index in [4.69, 9.17) is 9.47 Å². The zero-order valence-electron chi connectivity index (χ0n) is 13.1. The number of aryl methyl sites for hydroxylation is 1. The molecule has 0 aliphatic carbocycles. The molecule has 2 rings (SSSR count). The molecule has 114 valence electrons. The molecule has 1 heterocycles. The molecule has 1 atom stereocenters. The van der Waals surface area contributed by atoms with Gasteiger partial charge in [0.1, 0.15) is 11.5 Å². The fourth-order valence-corrected chi connectivity index (χ4v) is 3.39. The molecule has 4 heteroatoms. The number of rotatable bonds is 7. The van der Waals surface area contributed by atoms with E-state index >= 15 is 0 Å². The molecule has 21 heavy (non-hydrogen) atoms. The van der Waals surface area contributed by atoms with Gasteiger partial charge in [-0.3, -0.25) is 0 Å². The van der Waals surface area contributed by atoms with Gasteiger partial charge in [0.25, 0.3) is 0 Å². The Bertz CT molecular complexity index is 580. The van der Waals surface area contributed by atoms with Crippen LogP contribution in [0.1, 0.15) is 35.4 Å². The van der Waals surface area contributed by atoms with Gasteiger partial charge >= 0.3 is 0 Å². The molecule has 1 aromatic heterocycles. The lowest BCUT2D eigenvalue weighted by molar-refractivity contribution is 0.387. The Morgan fingerprint density at radius 3 is 2.57 bits per heavy atom. The Morgan fingerprint density at radius 2 is 2.00 bits per heavy atom. The number of methoxy groups -OCH3 is 2. The Kier molecular flexibility index (Phi) is 5.65. The van der Waals surface area contributed by atoms with Gasteiger partial charge in [-0.2, -0.15) is 0 Å². The van der Waals surface area contributed by atoms with Crippen LogP contribution in [0, 0.1) is 6.92 Å². The van der Waals surface area contributed by atoms with Crippen molar-refractivity contribution in [1.29, 1.82) is 0 Å². The molecule has 0 spiro atoms. The van der Waals surface area contributed by atoms with Crippen LogP contribution in [0.3, 0.4) is 0 Å². The lowest BCUT2D eigenvalue weighted by Crippen LogP contribution is -2.23. The minimum atomic E-state index is 0.158. The molecule has 1 unspecified atom stereocenters. The monoisotopic (exact) mass is 305 g/mol.